The first kappa shape index (κ1) is 17.4. The number of anilines is 1. The van der Waals surface area contributed by atoms with Crippen LogP contribution < -0.4 is 16.6 Å². The van der Waals surface area contributed by atoms with Crippen LogP contribution in [0.2, 0.25) is 0 Å². The second-order valence-corrected chi connectivity index (χ2v) is 5.35. The Bertz CT molecular complexity index is 449. The number of hydrazine groups is 1. The topological polar surface area (TPSA) is 89.3 Å². The van der Waals surface area contributed by atoms with Crippen molar-refractivity contribution in [1.82, 2.24) is 10.3 Å². The maximum Gasteiger partial charge on any atom is 0.251 e. The van der Waals surface area contributed by atoms with Crippen LogP contribution in [0.15, 0.2) is 12.1 Å². The highest BCUT2D eigenvalue weighted by atomic mass is 16.5. The second-order valence-electron chi connectivity index (χ2n) is 5.35. The number of ether oxygens (including phenoxy) is 1. The molecule has 0 unspecified atom stereocenters. The van der Waals surface area contributed by atoms with Gasteiger partial charge >= 0.3 is 0 Å². The molecular weight excluding hydrogens is 268 g/mol. The van der Waals surface area contributed by atoms with Crippen LogP contribution in [0.4, 0.5) is 5.82 Å². The standard InChI is InChI=1S/C15H26N4O2/c1-4-5-13-8-12(9-14(18-13)19-16)15(20)17-6-7-21-10-11(2)3/h8-9,11H,4-7,10,16H2,1-3H3,(H,17,20)(H,18,19). The number of carbonyl (C=O) groups is 1. The summed E-state index contributed by atoms with van der Waals surface area (Å²) in [6, 6.07) is 3.44. The molecule has 0 radical (unpaired) electrons. The van der Waals surface area contributed by atoms with Crippen LogP contribution in [-0.4, -0.2) is 30.6 Å². The van der Waals surface area contributed by atoms with Crippen molar-refractivity contribution >= 4 is 11.7 Å². The SMILES string of the molecule is CCCc1cc(C(=O)NCCOCC(C)C)cc(NN)n1. The highest BCUT2D eigenvalue weighted by Crippen LogP contribution is 2.11. The Kier molecular flexibility index (Phi) is 7.71. The molecule has 0 aliphatic carbocycles. The lowest BCUT2D eigenvalue weighted by Crippen LogP contribution is -2.28. The molecule has 118 valence electrons. The van der Waals surface area contributed by atoms with Crippen molar-refractivity contribution in [3.8, 4) is 0 Å². The Balaban J connectivity index is 2.54. The number of nitrogens with zero attached hydrogens (tertiary/aromatic N) is 1. The van der Waals surface area contributed by atoms with E-state index in [0.717, 1.165) is 18.5 Å². The minimum Gasteiger partial charge on any atom is -0.379 e. The third-order valence-corrected chi connectivity index (χ3v) is 2.78. The summed E-state index contributed by atoms with van der Waals surface area (Å²) >= 11 is 0. The molecule has 1 amide bonds. The molecule has 4 N–H and O–H groups in total. The van der Waals surface area contributed by atoms with Crippen LogP contribution in [0.1, 0.15) is 43.2 Å². The molecule has 0 saturated carbocycles. The number of carbonyl (C=O) groups excluding carboxylic acids is 1. The van der Waals surface area contributed by atoms with Crippen LogP contribution in [0.5, 0.6) is 0 Å². The molecule has 0 aliphatic rings. The largest absolute Gasteiger partial charge is 0.379 e. The zero-order valence-electron chi connectivity index (χ0n) is 13.1. The fraction of sp³-hybridized carbons (Fsp3) is 0.600. The number of hydrogen-bond donors (Lipinski definition) is 3. The number of aromatic nitrogens is 1. The van der Waals surface area contributed by atoms with E-state index in [1.54, 1.807) is 12.1 Å². The lowest BCUT2D eigenvalue weighted by molar-refractivity contribution is 0.0886. The highest BCUT2D eigenvalue weighted by Gasteiger charge is 2.09. The Morgan fingerprint density at radius 3 is 2.81 bits per heavy atom. The van der Waals surface area contributed by atoms with Crippen molar-refractivity contribution < 1.29 is 9.53 Å². The normalized spacial score (nSPS) is 10.7. The molecule has 21 heavy (non-hydrogen) atoms. The summed E-state index contributed by atoms with van der Waals surface area (Å²) < 4.78 is 5.43. The molecule has 0 aromatic carbocycles. The van der Waals surface area contributed by atoms with Gasteiger partial charge in [-0.2, -0.15) is 0 Å². The molecule has 0 atom stereocenters. The summed E-state index contributed by atoms with van der Waals surface area (Å²) in [7, 11) is 0. The van der Waals surface area contributed by atoms with Gasteiger partial charge in [-0.1, -0.05) is 27.2 Å². The summed E-state index contributed by atoms with van der Waals surface area (Å²) in [5.41, 5.74) is 3.91. The molecule has 1 aromatic heterocycles. The molecule has 0 aliphatic heterocycles. The van der Waals surface area contributed by atoms with E-state index < -0.39 is 0 Å². The predicted octanol–water partition coefficient (Wildman–Crippen LogP) is 1.72. The van der Waals surface area contributed by atoms with Crippen molar-refractivity contribution in [3.05, 3.63) is 23.4 Å². The minimum atomic E-state index is -0.139. The first-order valence-electron chi connectivity index (χ1n) is 7.40. The van der Waals surface area contributed by atoms with Gasteiger partial charge in [0.2, 0.25) is 0 Å². The number of nitrogens with one attached hydrogen (secondary N) is 2. The van der Waals surface area contributed by atoms with Gasteiger partial charge in [-0.15, -0.1) is 0 Å². The van der Waals surface area contributed by atoms with Crippen molar-refractivity contribution in [3.63, 3.8) is 0 Å². The molecule has 1 aromatic rings. The van der Waals surface area contributed by atoms with Gasteiger partial charge in [0.05, 0.1) is 6.61 Å². The molecule has 1 rings (SSSR count). The number of amides is 1. The van der Waals surface area contributed by atoms with Gasteiger partial charge in [0.1, 0.15) is 5.82 Å². The smallest absolute Gasteiger partial charge is 0.251 e. The first-order valence-corrected chi connectivity index (χ1v) is 7.40. The summed E-state index contributed by atoms with van der Waals surface area (Å²) in [6.07, 6.45) is 1.78. The zero-order chi connectivity index (χ0) is 15.7. The van der Waals surface area contributed by atoms with Crippen molar-refractivity contribution in [1.29, 1.82) is 0 Å². The van der Waals surface area contributed by atoms with E-state index in [1.165, 1.54) is 0 Å². The lowest BCUT2D eigenvalue weighted by atomic mass is 10.1. The molecule has 0 fully saturated rings. The fourth-order valence-electron chi connectivity index (χ4n) is 1.83. The molecule has 1 heterocycles. The van der Waals surface area contributed by atoms with Crippen LogP contribution in [0.3, 0.4) is 0 Å². The summed E-state index contributed by atoms with van der Waals surface area (Å²) in [4.78, 5) is 16.4. The number of aryl methyl sites for hydroxylation is 1. The summed E-state index contributed by atoms with van der Waals surface area (Å²) in [5, 5.41) is 2.83. The Morgan fingerprint density at radius 1 is 1.43 bits per heavy atom. The molecule has 6 heteroatoms. The maximum absolute atomic E-state index is 12.1. The molecule has 0 spiro atoms. The van der Waals surface area contributed by atoms with E-state index in [0.29, 0.717) is 37.1 Å². The van der Waals surface area contributed by atoms with Gasteiger partial charge in [-0.05, 0) is 24.5 Å². The second kappa shape index (κ2) is 9.31. The van der Waals surface area contributed by atoms with E-state index in [1.807, 2.05) is 0 Å². The van der Waals surface area contributed by atoms with Gasteiger partial charge in [-0.3, -0.25) is 4.79 Å². The monoisotopic (exact) mass is 294 g/mol. The number of nitrogens with two attached hydrogens (primary N) is 1. The van der Waals surface area contributed by atoms with E-state index in [-0.39, 0.29) is 5.91 Å². The van der Waals surface area contributed by atoms with Crippen molar-refractivity contribution in [2.75, 3.05) is 25.2 Å². The number of pyridine rings is 1. The zero-order valence-corrected chi connectivity index (χ0v) is 13.1. The molecule has 0 bridgehead atoms. The fourth-order valence-corrected chi connectivity index (χ4v) is 1.83. The number of hydrogen-bond acceptors (Lipinski definition) is 5. The first-order chi connectivity index (χ1) is 10.1. The quantitative estimate of drug-likeness (QED) is 0.366. The summed E-state index contributed by atoms with van der Waals surface area (Å²) in [5.74, 6) is 6.25. The van der Waals surface area contributed by atoms with Crippen LogP contribution >= 0.6 is 0 Å². The maximum atomic E-state index is 12.1. The average Bonchev–Trinajstić information content (AvgIpc) is 2.46. The van der Waals surface area contributed by atoms with Gasteiger partial charge in [-0.25, -0.2) is 10.8 Å². The summed E-state index contributed by atoms with van der Waals surface area (Å²) in [6.45, 7) is 7.95. The van der Waals surface area contributed by atoms with Gasteiger partial charge in [0, 0.05) is 24.4 Å². The molecular formula is C15H26N4O2. The van der Waals surface area contributed by atoms with Crippen LogP contribution in [0.25, 0.3) is 0 Å². The molecule has 0 saturated heterocycles. The van der Waals surface area contributed by atoms with E-state index in [9.17, 15) is 4.79 Å². The van der Waals surface area contributed by atoms with Gasteiger partial charge < -0.3 is 15.5 Å². The van der Waals surface area contributed by atoms with E-state index >= 15 is 0 Å². The molecule has 6 nitrogen and oxygen atoms in total. The van der Waals surface area contributed by atoms with Crippen molar-refractivity contribution in [2.24, 2.45) is 11.8 Å². The van der Waals surface area contributed by atoms with Gasteiger partial charge in [0.15, 0.2) is 0 Å². The average molecular weight is 294 g/mol. The number of nitrogen functional groups attached to an aromatic ring is 1. The van der Waals surface area contributed by atoms with Crippen molar-refractivity contribution in [2.45, 2.75) is 33.6 Å². The minimum absolute atomic E-state index is 0.139. The van der Waals surface area contributed by atoms with E-state index in [4.69, 9.17) is 10.6 Å². The Labute approximate surface area is 126 Å². The van der Waals surface area contributed by atoms with E-state index in [2.05, 4.69) is 36.5 Å². The number of rotatable bonds is 9. The lowest BCUT2D eigenvalue weighted by Gasteiger charge is -2.10. The predicted molar refractivity (Wildman–Crippen MR) is 84.0 cm³/mol. The van der Waals surface area contributed by atoms with Gasteiger partial charge in [0.25, 0.3) is 5.91 Å². The Hall–Kier alpha value is -1.66. The highest BCUT2D eigenvalue weighted by molar-refractivity contribution is 5.95. The van der Waals surface area contributed by atoms with Crippen LogP contribution in [0, 0.1) is 5.92 Å². The third-order valence-electron chi connectivity index (χ3n) is 2.78. The third kappa shape index (κ3) is 6.55. The van der Waals surface area contributed by atoms with Crippen LogP contribution in [-0.2, 0) is 11.2 Å². The Morgan fingerprint density at radius 2 is 2.19 bits per heavy atom.